The van der Waals surface area contributed by atoms with Gasteiger partial charge in [-0.2, -0.15) is 5.10 Å². The van der Waals surface area contributed by atoms with Crippen molar-refractivity contribution in [3.05, 3.63) is 12.3 Å². The summed E-state index contributed by atoms with van der Waals surface area (Å²) in [5, 5.41) is 15.6. The van der Waals surface area contributed by atoms with Crippen LogP contribution in [0.5, 0.6) is 0 Å². The SMILES string of the molecule is CC(C)(C)CC(O)CNS(=O)(=O)c1ccn[nH]1. The predicted octanol–water partition coefficient (Wildman–Crippen LogP) is 0.485. The maximum Gasteiger partial charge on any atom is 0.257 e. The van der Waals surface area contributed by atoms with Gasteiger partial charge >= 0.3 is 0 Å². The molecule has 3 N–H and O–H groups in total. The number of aliphatic hydroxyl groups excluding tert-OH is 1. The third kappa shape index (κ3) is 4.84. The summed E-state index contributed by atoms with van der Waals surface area (Å²) >= 11 is 0. The van der Waals surface area contributed by atoms with Crippen LogP contribution in [0.4, 0.5) is 0 Å². The lowest BCUT2D eigenvalue weighted by atomic mass is 9.89. The maximum absolute atomic E-state index is 11.7. The number of hydrogen-bond acceptors (Lipinski definition) is 4. The van der Waals surface area contributed by atoms with Crippen molar-refractivity contribution in [2.45, 2.75) is 38.3 Å². The first-order valence-electron chi connectivity index (χ1n) is 5.38. The van der Waals surface area contributed by atoms with Crippen molar-refractivity contribution in [3.63, 3.8) is 0 Å². The van der Waals surface area contributed by atoms with Crippen molar-refractivity contribution in [2.75, 3.05) is 6.54 Å². The molecule has 0 amide bonds. The molecule has 0 aromatic carbocycles. The summed E-state index contributed by atoms with van der Waals surface area (Å²) in [7, 11) is -3.60. The molecule has 6 nitrogen and oxygen atoms in total. The summed E-state index contributed by atoms with van der Waals surface area (Å²) in [6.45, 7) is 5.96. The number of nitrogens with one attached hydrogen (secondary N) is 2. The van der Waals surface area contributed by atoms with Crippen LogP contribution in [-0.4, -0.2) is 36.4 Å². The smallest absolute Gasteiger partial charge is 0.257 e. The fourth-order valence-corrected chi connectivity index (χ4v) is 2.44. The van der Waals surface area contributed by atoms with Gasteiger partial charge in [-0.25, -0.2) is 13.1 Å². The molecular formula is C10H19N3O3S. The molecule has 98 valence electrons. The summed E-state index contributed by atoms with van der Waals surface area (Å²) in [5.41, 5.74) is -0.0428. The zero-order valence-corrected chi connectivity index (χ0v) is 11.1. The predicted molar refractivity (Wildman–Crippen MR) is 63.9 cm³/mol. The third-order valence-electron chi connectivity index (χ3n) is 2.12. The van der Waals surface area contributed by atoms with E-state index < -0.39 is 16.1 Å². The van der Waals surface area contributed by atoms with Crippen molar-refractivity contribution < 1.29 is 13.5 Å². The van der Waals surface area contributed by atoms with Crippen molar-refractivity contribution >= 4 is 10.0 Å². The van der Waals surface area contributed by atoms with Crippen LogP contribution in [0.15, 0.2) is 17.3 Å². The van der Waals surface area contributed by atoms with Gasteiger partial charge in [0.1, 0.15) is 0 Å². The van der Waals surface area contributed by atoms with E-state index in [4.69, 9.17) is 0 Å². The highest BCUT2D eigenvalue weighted by molar-refractivity contribution is 7.89. The fourth-order valence-electron chi connectivity index (χ4n) is 1.46. The number of rotatable bonds is 5. The standard InChI is InChI=1S/C10H19N3O3S/c1-10(2,3)6-8(14)7-12-17(15,16)9-4-5-11-13-9/h4-5,8,12,14H,6-7H2,1-3H3,(H,11,13). The van der Waals surface area contributed by atoms with E-state index in [2.05, 4.69) is 14.9 Å². The van der Waals surface area contributed by atoms with Gasteiger partial charge in [0.15, 0.2) is 5.03 Å². The molecule has 1 unspecified atom stereocenters. The van der Waals surface area contributed by atoms with Crippen LogP contribution in [0, 0.1) is 5.41 Å². The first-order chi connectivity index (χ1) is 7.71. The van der Waals surface area contributed by atoms with E-state index >= 15 is 0 Å². The van der Waals surface area contributed by atoms with E-state index in [1.54, 1.807) is 0 Å². The molecule has 0 aliphatic heterocycles. The molecule has 1 aromatic heterocycles. The molecule has 1 heterocycles. The number of sulfonamides is 1. The number of aromatic amines is 1. The van der Waals surface area contributed by atoms with Gasteiger partial charge in [0.25, 0.3) is 10.0 Å². The van der Waals surface area contributed by atoms with Gasteiger partial charge in [0.05, 0.1) is 12.3 Å². The first kappa shape index (κ1) is 14.1. The van der Waals surface area contributed by atoms with Crippen LogP contribution >= 0.6 is 0 Å². The molecule has 0 aliphatic rings. The zero-order chi connectivity index (χ0) is 13.1. The van der Waals surface area contributed by atoms with Crippen LogP contribution in [0.25, 0.3) is 0 Å². The topological polar surface area (TPSA) is 95.1 Å². The molecule has 1 aromatic rings. The Labute approximate surface area is 101 Å². The van der Waals surface area contributed by atoms with E-state index in [1.165, 1.54) is 12.3 Å². The molecule has 0 saturated heterocycles. The molecule has 0 spiro atoms. The number of hydrogen-bond donors (Lipinski definition) is 3. The second kappa shape index (κ2) is 5.16. The molecule has 17 heavy (non-hydrogen) atoms. The molecule has 1 rings (SSSR count). The average molecular weight is 261 g/mol. The maximum atomic E-state index is 11.7. The summed E-state index contributed by atoms with van der Waals surface area (Å²) in [5.74, 6) is 0. The Morgan fingerprint density at radius 1 is 1.53 bits per heavy atom. The van der Waals surface area contributed by atoms with Crippen molar-refractivity contribution in [2.24, 2.45) is 5.41 Å². The minimum Gasteiger partial charge on any atom is -0.392 e. The van der Waals surface area contributed by atoms with Gasteiger partial charge in [-0.05, 0) is 17.9 Å². The van der Waals surface area contributed by atoms with Crippen LogP contribution in [0.3, 0.4) is 0 Å². The Kier molecular flexibility index (Phi) is 4.29. The van der Waals surface area contributed by atoms with Crippen molar-refractivity contribution in [3.8, 4) is 0 Å². The lowest BCUT2D eigenvalue weighted by Gasteiger charge is -2.22. The van der Waals surface area contributed by atoms with Gasteiger partial charge in [0.2, 0.25) is 0 Å². The average Bonchev–Trinajstić information content (AvgIpc) is 2.65. The Morgan fingerprint density at radius 2 is 2.18 bits per heavy atom. The normalized spacial score (nSPS) is 14.8. The zero-order valence-electron chi connectivity index (χ0n) is 10.3. The van der Waals surface area contributed by atoms with E-state index in [9.17, 15) is 13.5 Å². The number of H-pyrrole nitrogens is 1. The summed E-state index contributed by atoms with van der Waals surface area (Å²) in [6.07, 6.45) is 1.19. The Morgan fingerprint density at radius 3 is 2.65 bits per heavy atom. The highest BCUT2D eigenvalue weighted by atomic mass is 32.2. The quantitative estimate of drug-likeness (QED) is 0.718. The van der Waals surface area contributed by atoms with Gasteiger partial charge in [0, 0.05) is 6.54 Å². The lowest BCUT2D eigenvalue weighted by Crippen LogP contribution is -2.34. The molecule has 1 atom stereocenters. The number of aromatic nitrogens is 2. The number of aliphatic hydroxyl groups is 1. The summed E-state index contributed by atoms with van der Waals surface area (Å²) in [4.78, 5) is 0. The molecule has 0 bridgehead atoms. The van der Waals surface area contributed by atoms with Crippen LogP contribution < -0.4 is 4.72 Å². The molecule has 0 fully saturated rings. The highest BCUT2D eigenvalue weighted by Crippen LogP contribution is 2.20. The second-order valence-electron chi connectivity index (χ2n) is 5.19. The summed E-state index contributed by atoms with van der Waals surface area (Å²) in [6, 6.07) is 1.36. The second-order valence-corrected chi connectivity index (χ2v) is 6.93. The van der Waals surface area contributed by atoms with E-state index in [1.807, 2.05) is 20.8 Å². The van der Waals surface area contributed by atoms with Gasteiger partial charge in [-0.3, -0.25) is 5.10 Å². The minimum absolute atomic E-state index is 0.000425. The van der Waals surface area contributed by atoms with E-state index in [-0.39, 0.29) is 17.0 Å². The van der Waals surface area contributed by atoms with E-state index in [0.29, 0.717) is 6.42 Å². The van der Waals surface area contributed by atoms with Gasteiger partial charge < -0.3 is 5.11 Å². The molecule has 0 saturated carbocycles. The van der Waals surface area contributed by atoms with Crippen LogP contribution in [0.2, 0.25) is 0 Å². The first-order valence-corrected chi connectivity index (χ1v) is 6.86. The monoisotopic (exact) mass is 261 g/mol. The van der Waals surface area contributed by atoms with Crippen molar-refractivity contribution in [1.29, 1.82) is 0 Å². The minimum atomic E-state index is -3.60. The van der Waals surface area contributed by atoms with Gasteiger partial charge in [-0.15, -0.1) is 0 Å². The molecule has 0 aliphatic carbocycles. The molecular weight excluding hydrogens is 242 g/mol. The summed E-state index contributed by atoms with van der Waals surface area (Å²) < 4.78 is 25.7. The van der Waals surface area contributed by atoms with E-state index in [0.717, 1.165) is 0 Å². The third-order valence-corrected chi connectivity index (χ3v) is 3.47. The Bertz CT molecular complexity index is 434. The lowest BCUT2D eigenvalue weighted by molar-refractivity contribution is 0.125. The molecule has 0 radical (unpaired) electrons. The van der Waals surface area contributed by atoms with Gasteiger partial charge in [-0.1, -0.05) is 20.8 Å². The number of nitrogens with zero attached hydrogens (tertiary/aromatic N) is 1. The fraction of sp³-hybridized carbons (Fsp3) is 0.700. The van der Waals surface area contributed by atoms with Crippen LogP contribution in [-0.2, 0) is 10.0 Å². The molecule has 7 heteroatoms. The van der Waals surface area contributed by atoms with Crippen molar-refractivity contribution in [1.82, 2.24) is 14.9 Å². The Hall–Kier alpha value is -0.920. The van der Waals surface area contributed by atoms with Crippen LogP contribution in [0.1, 0.15) is 27.2 Å². The Balaban J connectivity index is 2.51. The largest absolute Gasteiger partial charge is 0.392 e. The highest BCUT2D eigenvalue weighted by Gasteiger charge is 2.20.